The molecule has 0 aliphatic carbocycles. The Hall–Kier alpha value is -1.20. The highest BCUT2D eigenvalue weighted by atomic mass is 16.5. The van der Waals surface area contributed by atoms with Crippen LogP contribution >= 0.6 is 0 Å². The van der Waals surface area contributed by atoms with E-state index in [9.17, 15) is 0 Å². The standard InChI is InChI=1S/C12H20N4O/c1-10-9-16(5-2-6-17-10)12-14-7-11(3-4-13)8-15-12/h7-8,10H,2-6,9,13H2,1H3. The molecule has 1 atom stereocenters. The van der Waals surface area contributed by atoms with Crippen molar-refractivity contribution in [3.63, 3.8) is 0 Å². The summed E-state index contributed by atoms with van der Waals surface area (Å²) in [7, 11) is 0. The number of hydrogen-bond acceptors (Lipinski definition) is 5. The van der Waals surface area contributed by atoms with Crippen LogP contribution in [-0.4, -0.2) is 42.3 Å². The minimum absolute atomic E-state index is 0.241. The first-order valence-corrected chi connectivity index (χ1v) is 6.17. The van der Waals surface area contributed by atoms with Crippen molar-refractivity contribution in [3.8, 4) is 0 Å². The van der Waals surface area contributed by atoms with Gasteiger partial charge in [-0.05, 0) is 31.9 Å². The Kier molecular flexibility index (Phi) is 4.28. The normalized spacial score (nSPS) is 21.3. The van der Waals surface area contributed by atoms with Gasteiger partial charge < -0.3 is 15.4 Å². The molecule has 1 aromatic rings. The zero-order valence-electron chi connectivity index (χ0n) is 10.3. The molecule has 5 nitrogen and oxygen atoms in total. The Labute approximate surface area is 102 Å². The van der Waals surface area contributed by atoms with Crippen LogP contribution in [0.15, 0.2) is 12.4 Å². The number of nitrogens with two attached hydrogens (primary N) is 1. The number of anilines is 1. The fraction of sp³-hybridized carbons (Fsp3) is 0.667. The molecule has 0 amide bonds. The van der Waals surface area contributed by atoms with Crippen LogP contribution in [0.5, 0.6) is 0 Å². The lowest BCUT2D eigenvalue weighted by Crippen LogP contribution is -2.31. The maximum absolute atomic E-state index is 5.60. The molecule has 1 fully saturated rings. The molecule has 2 heterocycles. The third-order valence-electron chi connectivity index (χ3n) is 2.86. The maximum Gasteiger partial charge on any atom is 0.225 e. The second kappa shape index (κ2) is 5.93. The zero-order chi connectivity index (χ0) is 12.1. The van der Waals surface area contributed by atoms with E-state index in [2.05, 4.69) is 21.8 Å². The van der Waals surface area contributed by atoms with Gasteiger partial charge in [-0.3, -0.25) is 0 Å². The van der Waals surface area contributed by atoms with E-state index in [0.29, 0.717) is 6.54 Å². The molecule has 0 spiro atoms. The van der Waals surface area contributed by atoms with E-state index in [4.69, 9.17) is 10.5 Å². The van der Waals surface area contributed by atoms with Crippen molar-refractivity contribution in [1.29, 1.82) is 0 Å². The topological polar surface area (TPSA) is 64.3 Å². The second-order valence-electron chi connectivity index (χ2n) is 4.41. The molecule has 94 valence electrons. The van der Waals surface area contributed by atoms with E-state index in [1.165, 1.54) is 0 Å². The molecular formula is C12H20N4O. The summed E-state index contributed by atoms with van der Waals surface area (Å²) in [6, 6.07) is 0. The second-order valence-corrected chi connectivity index (χ2v) is 4.41. The highest BCUT2D eigenvalue weighted by Gasteiger charge is 2.17. The summed E-state index contributed by atoms with van der Waals surface area (Å²) in [5, 5.41) is 0. The lowest BCUT2D eigenvalue weighted by Gasteiger charge is -2.21. The summed E-state index contributed by atoms with van der Waals surface area (Å²) in [6.45, 7) is 5.36. The molecule has 1 aliphatic rings. The minimum Gasteiger partial charge on any atom is -0.377 e. The van der Waals surface area contributed by atoms with Crippen LogP contribution in [0.25, 0.3) is 0 Å². The van der Waals surface area contributed by atoms with E-state index in [1.54, 1.807) is 0 Å². The van der Waals surface area contributed by atoms with Crippen LogP contribution in [0.3, 0.4) is 0 Å². The fourth-order valence-corrected chi connectivity index (χ4v) is 1.98. The van der Waals surface area contributed by atoms with Gasteiger partial charge in [-0.2, -0.15) is 0 Å². The predicted octanol–water partition coefficient (Wildman–Crippen LogP) is 0.593. The third kappa shape index (κ3) is 3.38. The van der Waals surface area contributed by atoms with E-state index in [1.807, 2.05) is 12.4 Å². The van der Waals surface area contributed by atoms with Crippen LogP contribution in [0, 0.1) is 0 Å². The Morgan fingerprint density at radius 3 is 2.94 bits per heavy atom. The smallest absolute Gasteiger partial charge is 0.225 e. The first-order chi connectivity index (χ1) is 8.29. The Morgan fingerprint density at radius 2 is 2.24 bits per heavy atom. The molecule has 2 N–H and O–H groups in total. The molecule has 1 aliphatic heterocycles. The summed E-state index contributed by atoms with van der Waals surface area (Å²) in [5.41, 5.74) is 6.59. The molecular weight excluding hydrogens is 216 g/mol. The zero-order valence-corrected chi connectivity index (χ0v) is 10.3. The number of ether oxygens (including phenoxy) is 1. The SMILES string of the molecule is CC1CN(c2ncc(CCN)cn2)CCCO1. The summed E-state index contributed by atoms with van der Waals surface area (Å²) >= 11 is 0. The molecule has 17 heavy (non-hydrogen) atoms. The van der Waals surface area contributed by atoms with Gasteiger partial charge in [-0.1, -0.05) is 0 Å². The Balaban J connectivity index is 2.04. The van der Waals surface area contributed by atoms with Gasteiger partial charge in [0.05, 0.1) is 6.10 Å². The highest BCUT2D eigenvalue weighted by molar-refractivity contribution is 5.30. The third-order valence-corrected chi connectivity index (χ3v) is 2.86. The number of hydrogen-bond donors (Lipinski definition) is 1. The van der Waals surface area contributed by atoms with Gasteiger partial charge in [0.2, 0.25) is 5.95 Å². The number of aromatic nitrogens is 2. The lowest BCUT2D eigenvalue weighted by molar-refractivity contribution is 0.0820. The van der Waals surface area contributed by atoms with E-state index in [0.717, 1.165) is 44.0 Å². The first-order valence-electron chi connectivity index (χ1n) is 6.17. The van der Waals surface area contributed by atoms with Gasteiger partial charge in [0.25, 0.3) is 0 Å². The summed E-state index contributed by atoms with van der Waals surface area (Å²) < 4.78 is 5.60. The van der Waals surface area contributed by atoms with Crippen molar-refractivity contribution in [2.75, 3.05) is 31.1 Å². The summed E-state index contributed by atoms with van der Waals surface area (Å²) in [5.74, 6) is 0.795. The fourth-order valence-electron chi connectivity index (χ4n) is 1.98. The van der Waals surface area contributed by atoms with E-state index in [-0.39, 0.29) is 6.10 Å². The molecule has 1 saturated heterocycles. The molecule has 1 aromatic heterocycles. The molecule has 2 rings (SSSR count). The molecule has 0 aromatic carbocycles. The van der Waals surface area contributed by atoms with E-state index < -0.39 is 0 Å². The van der Waals surface area contributed by atoms with Crippen LogP contribution < -0.4 is 10.6 Å². The van der Waals surface area contributed by atoms with Gasteiger partial charge >= 0.3 is 0 Å². The monoisotopic (exact) mass is 236 g/mol. The van der Waals surface area contributed by atoms with E-state index >= 15 is 0 Å². The minimum atomic E-state index is 0.241. The molecule has 1 unspecified atom stereocenters. The van der Waals surface area contributed by atoms with Gasteiger partial charge in [-0.25, -0.2) is 9.97 Å². The van der Waals surface area contributed by atoms with Crippen LogP contribution in [0.2, 0.25) is 0 Å². The Bertz CT molecular complexity index is 341. The van der Waals surface area contributed by atoms with Crippen molar-refractivity contribution in [2.45, 2.75) is 25.9 Å². The van der Waals surface area contributed by atoms with Gasteiger partial charge in [0.1, 0.15) is 0 Å². The average molecular weight is 236 g/mol. The molecule has 0 saturated carbocycles. The lowest BCUT2D eigenvalue weighted by atomic mass is 10.2. The van der Waals surface area contributed by atoms with Crippen molar-refractivity contribution in [3.05, 3.63) is 18.0 Å². The van der Waals surface area contributed by atoms with Gasteiger partial charge in [0, 0.05) is 32.1 Å². The number of nitrogens with zero attached hydrogens (tertiary/aromatic N) is 3. The van der Waals surface area contributed by atoms with Crippen molar-refractivity contribution in [1.82, 2.24) is 9.97 Å². The Morgan fingerprint density at radius 1 is 1.47 bits per heavy atom. The van der Waals surface area contributed by atoms with Crippen molar-refractivity contribution in [2.24, 2.45) is 5.73 Å². The average Bonchev–Trinajstić information content (AvgIpc) is 2.55. The quantitative estimate of drug-likeness (QED) is 0.832. The highest BCUT2D eigenvalue weighted by Crippen LogP contribution is 2.12. The first kappa shape index (κ1) is 12.3. The maximum atomic E-state index is 5.60. The summed E-state index contributed by atoms with van der Waals surface area (Å²) in [4.78, 5) is 11.0. The van der Waals surface area contributed by atoms with Crippen molar-refractivity contribution < 1.29 is 4.74 Å². The molecule has 0 radical (unpaired) electrons. The van der Waals surface area contributed by atoms with Crippen molar-refractivity contribution >= 4 is 5.95 Å². The van der Waals surface area contributed by atoms with Gasteiger partial charge in [-0.15, -0.1) is 0 Å². The van der Waals surface area contributed by atoms with Crippen LogP contribution in [-0.2, 0) is 11.2 Å². The van der Waals surface area contributed by atoms with Crippen LogP contribution in [0.4, 0.5) is 5.95 Å². The van der Waals surface area contributed by atoms with Crippen LogP contribution in [0.1, 0.15) is 18.9 Å². The molecule has 5 heteroatoms. The predicted molar refractivity (Wildman–Crippen MR) is 67.0 cm³/mol. The largest absolute Gasteiger partial charge is 0.377 e. The summed E-state index contributed by atoms with van der Waals surface area (Å²) in [6.07, 6.45) is 5.83. The molecule has 0 bridgehead atoms. The van der Waals surface area contributed by atoms with Gasteiger partial charge in [0.15, 0.2) is 0 Å². The number of rotatable bonds is 3.